The summed E-state index contributed by atoms with van der Waals surface area (Å²) in [6, 6.07) is 0. The Morgan fingerprint density at radius 2 is 1.94 bits per heavy atom. The smallest absolute Gasteiger partial charge is 0.307 e. The average Bonchev–Trinajstić information content (AvgIpc) is 2.29. The molecule has 0 aliphatic heterocycles. The lowest BCUT2D eigenvalue weighted by Crippen LogP contribution is -2.40. The van der Waals surface area contributed by atoms with E-state index >= 15 is 0 Å². The van der Waals surface area contributed by atoms with Crippen LogP contribution in [0.25, 0.3) is 0 Å². The summed E-state index contributed by atoms with van der Waals surface area (Å²) in [5, 5.41) is 11.7. The molecule has 5 heteroatoms. The number of hydrogen-bond acceptors (Lipinski definition) is 3. The molecule has 0 aromatic rings. The molecule has 0 spiro atoms. The topological polar surface area (TPSA) is 75.6 Å². The van der Waals surface area contributed by atoms with Crippen molar-refractivity contribution in [2.45, 2.75) is 25.7 Å². The Morgan fingerprint density at radius 3 is 2.50 bits per heavy atom. The molecule has 0 aromatic carbocycles. The third-order valence-corrected chi connectivity index (χ3v) is 3.03. The number of methoxy groups -OCH3 is 1. The Labute approximate surface area is 95.2 Å². The van der Waals surface area contributed by atoms with Gasteiger partial charge >= 0.3 is 5.97 Å². The Bertz CT molecular complexity index is 254. The van der Waals surface area contributed by atoms with Gasteiger partial charge in [-0.3, -0.25) is 9.59 Å². The molecule has 0 bridgehead atoms. The number of rotatable bonds is 5. The molecule has 2 unspecified atom stereocenters. The molecule has 1 aliphatic rings. The number of carbonyl (C=O) groups is 2. The van der Waals surface area contributed by atoms with Crippen LogP contribution >= 0.6 is 0 Å². The first-order chi connectivity index (χ1) is 7.66. The molecule has 16 heavy (non-hydrogen) atoms. The molecular weight excluding hydrogens is 210 g/mol. The first-order valence-corrected chi connectivity index (χ1v) is 5.66. The summed E-state index contributed by atoms with van der Waals surface area (Å²) in [4.78, 5) is 22.8. The van der Waals surface area contributed by atoms with Crippen molar-refractivity contribution < 1.29 is 19.4 Å². The van der Waals surface area contributed by atoms with Gasteiger partial charge in [-0.1, -0.05) is 12.8 Å². The molecule has 5 nitrogen and oxygen atoms in total. The summed E-state index contributed by atoms with van der Waals surface area (Å²) < 4.78 is 4.82. The number of amides is 1. The third-order valence-electron chi connectivity index (χ3n) is 3.03. The summed E-state index contributed by atoms with van der Waals surface area (Å²) in [6.45, 7) is 0.897. The van der Waals surface area contributed by atoms with Gasteiger partial charge in [0.2, 0.25) is 5.91 Å². The van der Waals surface area contributed by atoms with Gasteiger partial charge in [0.25, 0.3) is 0 Å². The molecule has 1 saturated carbocycles. The van der Waals surface area contributed by atoms with Crippen LogP contribution in [0.15, 0.2) is 0 Å². The Hall–Kier alpha value is -1.10. The number of carboxylic acid groups (broad SMARTS) is 1. The number of ether oxygens (including phenoxy) is 1. The normalized spacial score (nSPS) is 25.1. The zero-order chi connectivity index (χ0) is 12.0. The van der Waals surface area contributed by atoms with Gasteiger partial charge in [0.15, 0.2) is 0 Å². The largest absolute Gasteiger partial charge is 0.481 e. The fourth-order valence-corrected chi connectivity index (χ4v) is 2.15. The summed E-state index contributed by atoms with van der Waals surface area (Å²) >= 11 is 0. The summed E-state index contributed by atoms with van der Waals surface area (Å²) in [5.41, 5.74) is 0. The zero-order valence-electron chi connectivity index (χ0n) is 9.57. The van der Waals surface area contributed by atoms with Crippen LogP contribution in [-0.4, -0.2) is 37.2 Å². The minimum absolute atomic E-state index is 0.149. The van der Waals surface area contributed by atoms with Crippen LogP contribution in [0.2, 0.25) is 0 Å². The maximum Gasteiger partial charge on any atom is 0.307 e. The van der Waals surface area contributed by atoms with E-state index in [2.05, 4.69) is 5.32 Å². The zero-order valence-corrected chi connectivity index (χ0v) is 9.57. The first kappa shape index (κ1) is 13.0. The van der Waals surface area contributed by atoms with E-state index in [1.807, 2.05) is 0 Å². The molecule has 2 atom stereocenters. The Morgan fingerprint density at radius 1 is 1.31 bits per heavy atom. The number of aliphatic carboxylic acids is 1. The Kier molecular flexibility index (Phi) is 5.25. The third kappa shape index (κ3) is 3.48. The van der Waals surface area contributed by atoms with Crippen LogP contribution in [0.3, 0.4) is 0 Å². The number of carbonyl (C=O) groups excluding carboxylic acids is 1. The lowest BCUT2D eigenvalue weighted by atomic mass is 9.79. The van der Waals surface area contributed by atoms with E-state index in [1.54, 1.807) is 7.11 Å². The maximum absolute atomic E-state index is 11.8. The van der Waals surface area contributed by atoms with Crippen LogP contribution in [0, 0.1) is 11.8 Å². The summed E-state index contributed by atoms with van der Waals surface area (Å²) in [7, 11) is 1.56. The van der Waals surface area contributed by atoms with Gasteiger partial charge in [0.1, 0.15) is 0 Å². The quantitative estimate of drug-likeness (QED) is 0.678. The van der Waals surface area contributed by atoms with Crippen LogP contribution in [-0.2, 0) is 14.3 Å². The van der Waals surface area contributed by atoms with Gasteiger partial charge in [-0.2, -0.15) is 0 Å². The highest BCUT2D eigenvalue weighted by atomic mass is 16.5. The minimum atomic E-state index is -0.855. The average molecular weight is 229 g/mol. The highest BCUT2D eigenvalue weighted by Crippen LogP contribution is 2.30. The van der Waals surface area contributed by atoms with E-state index in [9.17, 15) is 9.59 Å². The van der Waals surface area contributed by atoms with Crippen molar-refractivity contribution in [2.75, 3.05) is 20.3 Å². The van der Waals surface area contributed by atoms with Crippen LogP contribution in [0.5, 0.6) is 0 Å². The number of nitrogens with one attached hydrogen (secondary N) is 1. The predicted molar refractivity (Wildman–Crippen MR) is 58.0 cm³/mol. The summed E-state index contributed by atoms with van der Waals surface area (Å²) in [5.74, 6) is -1.89. The van der Waals surface area contributed by atoms with Gasteiger partial charge in [-0.25, -0.2) is 0 Å². The van der Waals surface area contributed by atoms with Crippen LogP contribution in [0.4, 0.5) is 0 Å². The second kappa shape index (κ2) is 6.48. The van der Waals surface area contributed by atoms with Crippen molar-refractivity contribution >= 4 is 11.9 Å². The molecule has 0 radical (unpaired) electrons. The molecular formula is C11H19NO4. The minimum Gasteiger partial charge on any atom is -0.481 e. The summed E-state index contributed by atoms with van der Waals surface area (Å²) in [6.07, 6.45) is 3.12. The lowest BCUT2D eigenvalue weighted by Gasteiger charge is -2.27. The van der Waals surface area contributed by atoms with Crippen LogP contribution < -0.4 is 5.32 Å². The van der Waals surface area contributed by atoms with Crippen molar-refractivity contribution in [2.24, 2.45) is 11.8 Å². The van der Waals surface area contributed by atoms with Gasteiger partial charge in [-0.15, -0.1) is 0 Å². The fourth-order valence-electron chi connectivity index (χ4n) is 2.15. The monoisotopic (exact) mass is 229 g/mol. The highest BCUT2D eigenvalue weighted by Gasteiger charge is 2.35. The second-order valence-corrected chi connectivity index (χ2v) is 4.12. The van der Waals surface area contributed by atoms with Gasteiger partial charge in [0.05, 0.1) is 18.4 Å². The van der Waals surface area contributed by atoms with Crippen molar-refractivity contribution in [3.8, 4) is 0 Å². The molecule has 0 saturated heterocycles. The number of carboxylic acids is 1. The van der Waals surface area contributed by atoms with E-state index < -0.39 is 11.9 Å². The van der Waals surface area contributed by atoms with Crippen LogP contribution in [0.1, 0.15) is 25.7 Å². The van der Waals surface area contributed by atoms with Gasteiger partial charge in [-0.05, 0) is 12.8 Å². The molecule has 1 aliphatic carbocycles. The molecule has 1 rings (SSSR count). The van der Waals surface area contributed by atoms with Crippen molar-refractivity contribution in [1.29, 1.82) is 0 Å². The second-order valence-electron chi connectivity index (χ2n) is 4.12. The predicted octanol–water partition coefficient (Wildman–Crippen LogP) is 0.640. The SMILES string of the molecule is COCCNC(=O)C1CCCCC1C(=O)O. The molecule has 2 N–H and O–H groups in total. The molecule has 0 heterocycles. The van der Waals surface area contributed by atoms with E-state index in [4.69, 9.17) is 9.84 Å². The molecule has 92 valence electrons. The molecule has 0 aromatic heterocycles. The Balaban J connectivity index is 2.47. The van der Waals surface area contributed by atoms with Crippen molar-refractivity contribution in [3.63, 3.8) is 0 Å². The van der Waals surface area contributed by atoms with E-state index in [-0.39, 0.29) is 11.8 Å². The molecule has 1 amide bonds. The maximum atomic E-state index is 11.8. The standard InChI is InChI=1S/C11H19NO4/c1-16-7-6-12-10(13)8-4-2-3-5-9(8)11(14)15/h8-9H,2-7H2,1H3,(H,12,13)(H,14,15). The van der Waals surface area contributed by atoms with Crippen molar-refractivity contribution in [1.82, 2.24) is 5.32 Å². The van der Waals surface area contributed by atoms with Gasteiger partial charge in [0, 0.05) is 13.7 Å². The van der Waals surface area contributed by atoms with E-state index in [1.165, 1.54) is 0 Å². The number of hydrogen-bond donors (Lipinski definition) is 2. The van der Waals surface area contributed by atoms with Gasteiger partial charge < -0.3 is 15.2 Å². The highest BCUT2D eigenvalue weighted by molar-refractivity contribution is 5.84. The van der Waals surface area contributed by atoms with E-state index in [0.717, 1.165) is 12.8 Å². The van der Waals surface area contributed by atoms with E-state index in [0.29, 0.717) is 26.0 Å². The molecule has 1 fully saturated rings. The van der Waals surface area contributed by atoms with Crippen molar-refractivity contribution in [3.05, 3.63) is 0 Å². The first-order valence-electron chi connectivity index (χ1n) is 5.66. The fraction of sp³-hybridized carbons (Fsp3) is 0.818. The lowest BCUT2D eigenvalue weighted by molar-refractivity contribution is -0.148.